The van der Waals surface area contributed by atoms with Crippen LogP contribution in [0, 0.1) is 0 Å². The van der Waals surface area contributed by atoms with Crippen LogP contribution in [0.5, 0.6) is 0 Å². The molecule has 1 aliphatic carbocycles. The molecule has 1 amide bonds. The number of benzene rings is 2. The standard InChI is InChI=1S/C22H23BrN4OS/c23-17-11-13-18(14-12-17)24-20(28)15-29-22-26-25-21(16-7-3-1-4-8-16)27(22)19-9-5-2-6-10-19/h2,5-6,9-14,16H,1,3-4,7-8,15H2,(H,24,28). The van der Waals surface area contributed by atoms with Crippen LogP contribution in [0.2, 0.25) is 0 Å². The number of hydrogen-bond donors (Lipinski definition) is 1. The Hall–Kier alpha value is -2.12. The Morgan fingerprint density at radius 3 is 2.48 bits per heavy atom. The van der Waals surface area contributed by atoms with Gasteiger partial charge in [-0.05, 0) is 49.2 Å². The van der Waals surface area contributed by atoms with Crippen molar-refractivity contribution in [2.75, 3.05) is 11.1 Å². The fourth-order valence-corrected chi connectivity index (χ4v) is 4.70. The van der Waals surface area contributed by atoms with Crippen molar-refractivity contribution in [2.24, 2.45) is 0 Å². The number of hydrogen-bond acceptors (Lipinski definition) is 4. The van der Waals surface area contributed by atoms with Gasteiger partial charge in [0.2, 0.25) is 5.91 Å². The lowest BCUT2D eigenvalue weighted by atomic mass is 9.88. The summed E-state index contributed by atoms with van der Waals surface area (Å²) in [6.45, 7) is 0. The topological polar surface area (TPSA) is 59.8 Å². The number of carbonyl (C=O) groups excluding carboxylic acids is 1. The molecule has 1 saturated carbocycles. The van der Waals surface area contributed by atoms with Gasteiger partial charge in [-0.3, -0.25) is 9.36 Å². The molecule has 5 nitrogen and oxygen atoms in total. The summed E-state index contributed by atoms with van der Waals surface area (Å²) in [7, 11) is 0. The van der Waals surface area contributed by atoms with Crippen LogP contribution in [0.3, 0.4) is 0 Å². The highest BCUT2D eigenvalue weighted by molar-refractivity contribution is 9.10. The van der Waals surface area contributed by atoms with Gasteiger partial charge in [0.1, 0.15) is 5.82 Å². The minimum Gasteiger partial charge on any atom is -0.325 e. The van der Waals surface area contributed by atoms with Crippen LogP contribution in [0.25, 0.3) is 5.69 Å². The summed E-state index contributed by atoms with van der Waals surface area (Å²) >= 11 is 4.83. The van der Waals surface area contributed by atoms with Crippen LogP contribution in [0.1, 0.15) is 43.8 Å². The first-order valence-corrected chi connectivity index (χ1v) is 11.7. The molecule has 1 N–H and O–H groups in total. The molecule has 1 aromatic heterocycles. The zero-order valence-electron chi connectivity index (χ0n) is 16.1. The molecule has 0 saturated heterocycles. The van der Waals surface area contributed by atoms with Gasteiger partial charge in [-0.15, -0.1) is 10.2 Å². The van der Waals surface area contributed by atoms with Gasteiger partial charge in [-0.1, -0.05) is 65.2 Å². The van der Waals surface area contributed by atoms with Crippen LogP contribution >= 0.6 is 27.7 Å². The zero-order valence-corrected chi connectivity index (χ0v) is 18.5. The van der Waals surface area contributed by atoms with E-state index in [1.54, 1.807) is 0 Å². The number of nitrogens with one attached hydrogen (secondary N) is 1. The second-order valence-electron chi connectivity index (χ2n) is 7.19. The van der Waals surface area contributed by atoms with Crippen LogP contribution in [-0.4, -0.2) is 26.4 Å². The Balaban J connectivity index is 1.51. The van der Waals surface area contributed by atoms with Crippen LogP contribution < -0.4 is 5.32 Å². The Kier molecular flexibility index (Phi) is 6.67. The van der Waals surface area contributed by atoms with Crippen molar-refractivity contribution in [3.8, 4) is 5.69 Å². The molecule has 29 heavy (non-hydrogen) atoms. The summed E-state index contributed by atoms with van der Waals surface area (Å²) in [5.74, 6) is 1.68. The van der Waals surface area contributed by atoms with Crippen molar-refractivity contribution in [1.29, 1.82) is 0 Å². The number of thioether (sulfide) groups is 1. The van der Waals surface area contributed by atoms with Crippen LogP contribution in [0.15, 0.2) is 64.2 Å². The molecular formula is C22H23BrN4OS. The van der Waals surface area contributed by atoms with Crippen molar-refractivity contribution in [2.45, 2.75) is 43.2 Å². The van der Waals surface area contributed by atoms with E-state index in [1.165, 1.54) is 31.0 Å². The van der Waals surface area contributed by atoms with Gasteiger partial charge < -0.3 is 5.32 Å². The number of carbonyl (C=O) groups is 1. The quantitative estimate of drug-likeness (QED) is 0.461. The first-order valence-electron chi connectivity index (χ1n) is 9.89. The SMILES string of the molecule is O=C(CSc1nnc(C2CCCCC2)n1-c1ccccc1)Nc1ccc(Br)cc1. The van der Waals surface area contributed by atoms with Gasteiger partial charge in [0.15, 0.2) is 5.16 Å². The summed E-state index contributed by atoms with van der Waals surface area (Å²) in [4.78, 5) is 12.4. The molecule has 0 radical (unpaired) electrons. The summed E-state index contributed by atoms with van der Waals surface area (Å²) in [6.07, 6.45) is 6.09. The van der Waals surface area contributed by atoms with Gasteiger partial charge in [0.25, 0.3) is 0 Å². The lowest BCUT2D eigenvalue weighted by molar-refractivity contribution is -0.113. The predicted molar refractivity (Wildman–Crippen MR) is 121 cm³/mol. The first kappa shape index (κ1) is 20.2. The van der Waals surface area contributed by atoms with Gasteiger partial charge in [-0.2, -0.15) is 0 Å². The minimum atomic E-state index is -0.0563. The van der Waals surface area contributed by atoms with Gasteiger partial charge in [0, 0.05) is 21.8 Å². The first-order chi connectivity index (χ1) is 14.2. The Labute approximate surface area is 183 Å². The molecular weight excluding hydrogens is 448 g/mol. The number of nitrogens with zero attached hydrogens (tertiary/aromatic N) is 3. The number of halogens is 1. The average Bonchev–Trinajstić information content (AvgIpc) is 3.19. The molecule has 150 valence electrons. The molecule has 0 atom stereocenters. The number of rotatable bonds is 6. The summed E-state index contributed by atoms with van der Waals surface area (Å²) in [5.41, 5.74) is 1.83. The molecule has 0 bridgehead atoms. The maximum Gasteiger partial charge on any atom is 0.234 e. The number of aromatic nitrogens is 3. The summed E-state index contributed by atoms with van der Waals surface area (Å²) in [5, 5.41) is 12.7. The number of amides is 1. The molecule has 0 aliphatic heterocycles. The van der Waals surface area contributed by atoms with Gasteiger partial charge in [-0.25, -0.2) is 0 Å². The lowest BCUT2D eigenvalue weighted by Crippen LogP contribution is -2.15. The average molecular weight is 471 g/mol. The summed E-state index contributed by atoms with van der Waals surface area (Å²) < 4.78 is 3.11. The molecule has 0 unspecified atom stereocenters. The molecule has 1 fully saturated rings. The highest BCUT2D eigenvalue weighted by Gasteiger charge is 2.24. The summed E-state index contributed by atoms with van der Waals surface area (Å²) in [6, 6.07) is 17.8. The third kappa shape index (κ3) is 5.08. The molecule has 3 aromatic rings. The highest BCUT2D eigenvalue weighted by Crippen LogP contribution is 2.34. The van der Waals surface area contributed by atoms with E-state index in [9.17, 15) is 4.79 Å². The fraction of sp³-hybridized carbons (Fsp3) is 0.318. The Morgan fingerprint density at radius 2 is 1.76 bits per heavy atom. The third-order valence-corrected chi connectivity index (χ3v) is 6.56. The van der Waals surface area contributed by atoms with Crippen molar-refractivity contribution in [3.63, 3.8) is 0 Å². The van der Waals surface area contributed by atoms with E-state index in [4.69, 9.17) is 0 Å². The molecule has 4 rings (SSSR count). The number of anilines is 1. The molecule has 1 aliphatic rings. The van der Waals surface area contributed by atoms with E-state index in [0.717, 1.165) is 39.7 Å². The highest BCUT2D eigenvalue weighted by atomic mass is 79.9. The molecule has 1 heterocycles. The molecule has 2 aromatic carbocycles. The minimum absolute atomic E-state index is 0.0563. The third-order valence-electron chi connectivity index (χ3n) is 5.10. The van der Waals surface area contributed by atoms with E-state index in [0.29, 0.717) is 5.92 Å². The Bertz CT molecular complexity index is 953. The maximum atomic E-state index is 12.4. The van der Waals surface area contributed by atoms with Crippen molar-refractivity contribution >= 4 is 39.3 Å². The van der Waals surface area contributed by atoms with E-state index in [1.807, 2.05) is 42.5 Å². The van der Waals surface area contributed by atoms with Crippen molar-refractivity contribution in [1.82, 2.24) is 14.8 Å². The van der Waals surface area contributed by atoms with Gasteiger partial charge >= 0.3 is 0 Å². The second kappa shape index (κ2) is 9.59. The fourth-order valence-electron chi connectivity index (χ4n) is 3.68. The van der Waals surface area contributed by atoms with E-state index < -0.39 is 0 Å². The predicted octanol–water partition coefficient (Wildman–Crippen LogP) is 5.81. The molecule has 0 spiro atoms. The smallest absolute Gasteiger partial charge is 0.234 e. The maximum absolute atomic E-state index is 12.4. The largest absolute Gasteiger partial charge is 0.325 e. The van der Waals surface area contributed by atoms with Crippen molar-refractivity contribution < 1.29 is 4.79 Å². The zero-order chi connectivity index (χ0) is 20.1. The van der Waals surface area contributed by atoms with Crippen LogP contribution in [0.4, 0.5) is 5.69 Å². The monoisotopic (exact) mass is 470 g/mol. The lowest BCUT2D eigenvalue weighted by Gasteiger charge is -2.22. The van der Waals surface area contributed by atoms with E-state index in [2.05, 4.69) is 48.1 Å². The van der Waals surface area contributed by atoms with Gasteiger partial charge in [0.05, 0.1) is 5.75 Å². The normalized spacial score (nSPS) is 14.7. The molecule has 7 heteroatoms. The van der Waals surface area contributed by atoms with E-state index >= 15 is 0 Å². The van der Waals surface area contributed by atoms with E-state index in [-0.39, 0.29) is 11.7 Å². The van der Waals surface area contributed by atoms with Crippen molar-refractivity contribution in [3.05, 3.63) is 64.9 Å². The second-order valence-corrected chi connectivity index (χ2v) is 9.05. The van der Waals surface area contributed by atoms with Crippen LogP contribution in [-0.2, 0) is 4.79 Å². The number of para-hydroxylation sites is 1. The Morgan fingerprint density at radius 1 is 1.03 bits per heavy atom.